The Bertz CT molecular complexity index is 559. The fourth-order valence-electron chi connectivity index (χ4n) is 3.03. The molecule has 0 spiro atoms. The van der Waals surface area contributed by atoms with Crippen molar-refractivity contribution in [3.05, 3.63) is 35.6 Å². The molecule has 148 valence electrons. The second kappa shape index (κ2) is 11.0. The number of nitrogens with one attached hydrogen (secondary N) is 2. The van der Waals surface area contributed by atoms with Crippen LogP contribution in [0.5, 0.6) is 0 Å². The van der Waals surface area contributed by atoms with Crippen LogP contribution in [0.4, 0.5) is 4.39 Å². The van der Waals surface area contributed by atoms with E-state index < -0.39 is 0 Å². The predicted molar refractivity (Wildman–Crippen MR) is 116 cm³/mol. The summed E-state index contributed by atoms with van der Waals surface area (Å²) in [7, 11) is 4.04. The van der Waals surface area contributed by atoms with Crippen molar-refractivity contribution in [2.45, 2.75) is 38.3 Å². The summed E-state index contributed by atoms with van der Waals surface area (Å²) >= 11 is 0. The molecule has 7 heteroatoms. The largest absolute Gasteiger partial charge is 0.373 e. The summed E-state index contributed by atoms with van der Waals surface area (Å²) in [6.45, 7) is 7.12. The number of likely N-dealkylation sites (N-methyl/N-ethyl adjacent to an activating group) is 1. The quantitative estimate of drug-likeness (QED) is 0.359. The smallest absolute Gasteiger partial charge is 0.191 e. The molecule has 0 amide bonds. The van der Waals surface area contributed by atoms with Gasteiger partial charge in [0, 0.05) is 19.7 Å². The molecule has 0 saturated carbocycles. The molecule has 2 N–H and O–H groups in total. The minimum Gasteiger partial charge on any atom is -0.373 e. The van der Waals surface area contributed by atoms with Gasteiger partial charge >= 0.3 is 0 Å². The highest BCUT2D eigenvalue weighted by molar-refractivity contribution is 14.0. The molecule has 1 fully saturated rings. The first-order chi connectivity index (χ1) is 11.9. The van der Waals surface area contributed by atoms with Crippen LogP contribution in [0.1, 0.15) is 38.3 Å². The van der Waals surface area contributed by atoms with Gasteiger partial charge in [0.2, 0.25) is 0 Å². The van der Waals surface area contributed by atoms with Crippen LogP contribution in [-0.2, 0) is 4.74 Å². The molecular formula is C19H32FIN4O. The summed E-state index contributed by atoms with van der Waals surface area (Å²) in [5.74, 6) is 0.571. The number of aliphatic imine (C=N–C) groups is 1. The lowest BCUT2D eigenvalue weighted by Crippen LogP contribution is -2.42. The van der Waals surface area contributed by atoms with E-state index in [0.29, 0.717) is 13.1 Å². The summed E-state index contributed by atoms with van der Waals surface area (Å²) in [6, 6.07) is 6.80. The lowest BCUT2D eigenvalue weighted by molar-refractivity contribution is 0.0283. The standard InChI is InChI=1S/C19H31FN4O.HI/c1-5-21-18(23-14-19(2)11-6-12-25-19)22-13-17(24(3)4)15-7-9-16(20)10-8-15;/h7-10,17H,5-6,11-14H2,1-4H3,(H2,21,22,23);1H. The van der Waals surface area contributed by atoms with Crippen molar-refractivity contribution in [2.24, 2.45) is 4.99 Å². The van der Waals surface area contributed by atoms with E-state index in [9.17, 15) is 4.39 Å². The van der Waals surface area contributed by atoms with E-state index in [-0.39, 0.29) is 41.4 Å². The highest BCUT2D eigenvalue weighted by Gasteiger charge is 2.29. The van der Waals surface area contributed by atoms with Crippen LogP contribution in [0.3, 0.4) is 0 Å². The number of halogens is 2. The van der Waals surface area contributed by atoms with Crippen LogP contribution in [0.25, 0.3) is 0 Å². The summed E-state index contributed by atoms with van der Waals surface area (Å²) in [5, 5.41) is 6.69. The van der Waals surface area contributed by atoms with Gasteiger partial charge in [-0.1, -0.05) is 12.1 Å². The van der Waals surface area contributed by atoms with Gasteiger partial charge in [-0.3, -0.25) is 4.99 Å². The molecule has 1 aliphatic rings. The number of rotatable bonds is 7. The van der Waals surface area contributed by atoms with Gasteiger partial charge in [-0.15, -0.1) is 24.0 Å². The van der Waals surface area contributed by atoms with Gasteiger partial charge in [0.05, 0.1) is 18.2 Å². The second-order valence-electron chi connectivity index (χ2n) is 7.01. The van der Waals surface area contributed by atoms with Crippen LogP contribution in [0, 0.1) is 5.82 Å². The Morgan fingerprint density at radius 2 is 2.00 bits per heavy atom. The fraction of sp³-hybridized carbons (Fsp3) is 0.632. The molecule has 1 aliphatic heterocycles. The first-order valence-corrected chi connectivity index (χ1v) is 9.01. The Kier molecular flexibility index (Phi) is 9.81. The maximum absolute atomic E-state index is 13.2. The van der Waals surface area contributed by atoms with Crippen molar-refractivity contribution in [1.82, 2.24) is 15.5 Å². The van der Waals surface area contributed by atoms with Crippen molar-refractivity contribution in [2.75, 3.05) is 40.3 Å². The molecule has 2 atom stereocenters. The zero-order chi connectivity index (χ0) is 18.3. The number of nitrogens with zero attached hydrogens (tertiary/aromatic N) is 2. The van der Waals surface area contributed by atoms with E-state index in [0.717, 1.165) is 37.5 Å². The third-order valence-electron chi connectivity index (χ3n) is 4.56. The Balaban J connectivity index is 0.00000338. The van der Waals surface area contributed by atoms with E-state index in [4.69, 9.17) is 9.73 Å². The van der Waals surface area contributed by atoms with Crippen LogP contribution >= 0.6 is 24.0 Å². The van der Waals surface area contributed by atoms with Gasteiger partial charge in [-0.25, -0.2) is 4.39 Å². The summed E-state index contributed by atoms with van der Waals surface area (Å²) < 4.78 is 19.0. The maximum Gasteiger partial charge on any atom is 0.191 e. The minimum atomic E-state index is -0.214. The van der Waals surface area contributed by atoms with Crippen LogP contribution in [0.2, 0.25) is 0 Å². The van der Waals surface area contributed by atoms with Gasteiger partial charge < -0.3 is 20.3 Å². The molecule has 5 nitrogen and oxygen atoms in total. The van der Waals surface area contributed by atoms with Gasteiger partial charge in [-0.05, 0) is 58.5 Å². The zero-order valence-corrected chi connectivity index (χ0v) is 18.5. The fourth-order valence-corrected chi connectivity index (χ4v) is 3.03. The molecule has 0 bridgehead atoms. The monoisotopic (exact) mass is 478 g/mol. The molecule has 26 heavy (non-hydrogen) atoms. The minimum absolute atomic E-state index is 0. The lowest BCUT2D eigenvalue weighted by atomic mass is 10.0. The summed E-state index contributed by atoms with van der Waals surface area (Å²) in [5.41, 5.74) is 0.918. The van der Waals surface area contributed by atoms with Gasteiger partial charge in [0.25, 0.3) is 0 Å². The number of guanidine groups is 1. The molecule has 2 rings (SSSR count). The molecule has 0 aromatic heterocycles. The molecule has 1 aromatic carbocycles. The second-order valence-corrected chi connectivity index (χ2v) is 7.01. The zero-order valence-electron chi connectivity index (χ0n) is 16.2. The number of benzene rings is 1. The lowest BCUT2D eigenvalue weighted by Gasteiger charge is -2.26. The molecule has 0 radical (unpaired) electrons. The van der Waals surface area contributed by atoms with Crippen molar-refractivity contribution in [1.29, 1.82) is 0 Å². The number of hydrogen-bond acceptors (Lipinski definition) is 3. The van der Waals surface area contributed by atoms with E-state index >= 15 is 0 Å². The van der Waals surface area contributed by atoms with Crippen molar-refractivity contribution in [3.63, 3.8) is 0 Å². The highest BCUT2D eigenvalue weighted by atomic mass is 127. The Labute approximate surface area is 173 Å². The van der Waals surface area contributed by atoms with Crippen LogP contribution < -0.4 is 10.6 Å². The Hall–Kier alpha value is -0.930. The molecule has 1 saturated heterocycles. The SMILES string of the molecule is CCNC(=NCC1(C)CCCO1)NCC(c1ccc(F)cc1)N(C)C.I. The van der Waals surface area contributed by atoms with Crippen LogP contribution in [0.15, 0.2) is 29.3 Å². The molecular weight excluding hydrogens is 446 g/mol. The van der Waals surface area contributed by atoms with Gasteiger partial charge in [0.1, 0.15) is 5.82 Å². The highest BCUT2D eigenvalue weighted by Crippen LogP contribution is 2.25. The molecule has 0 aliphatic carbocycles. The topological polar surface area (TPSA) is 48.9 Å². The van der Waals surface area contributed by atoms with Crippen LogP contribution in [-0.4, -0.2) is 56.8 Å². The molecule has 1 heterocycles. The van der Waals surface area contributed by atoms with Crippen molar-refractivity contribution in [3.8, 4) is 0 Å². The van der Waals surface area contributed by atoms with E-state index in [1.54, 1.807) is 0 Å². The van der Waals surface area contributed by atoms with E-state index in [1.807, 2.05) is 33.2 Å². The van der Waals surface area contributed by atoms with Gasteiger partial charge in [0.15, 0.2) is 5.96 Å². The molecule has 1 aromatic rings. The van der Waals surface area contributed by atoms with E-state index in [1.165, 1.54) is 12.1 Å². The average molecular weight is 478 g/mol. The number of hydrogen-bond donors (Lipinski definition) is 2. The average Bonchev–Trinajstić information content (AvgIpc) is 3.01. The molecule has 2 unspecified atom stereocenters. The van der Waals surface area contributed by atoms with Crippen molar-refractivity contribution < 1.29 is 9.13 Å². The Morgan fingerprint density at radius 3 is 2.54 bits per heavy atom. The summed E-state index contributed by atoms with van der Waals surface area (Å²) in [6.07, 6.45) is 2.15. The first kappa shape index (κ1) is 23.1. The normalized spacial score (nSPS) is 21.4. The first-order valence-electron chi connectivity index (χ1n) is 9.01. The predicted octanol–water partition coefficient (Wildman–Crippen LogP) is 3.17. The maximum atomic E-state index is 13.2. The van der Waals surface area contributed by atoms with Gasteiger partial charge in [-0.2, -0.15) is 0 Å². The third kappa shape index (κ3) is 7.00. The van der Waals surface area contributed by atoms with Crippen molar-refractivity contribution >= 4 is 29.9 Å². The number of ether oxygens (including phenoxy) is 1. The Morgan fingerprint density at radius 1 is 1.31 bits per heavy atom. The van der Waals surface area contributed by atoms with E-state index in [2.05, 4.69) is 22.5 Å². The third-order valence-corrected chi connectivity index (χ3v) is 4.56. The summed E-state index contributed by atoms with van der Waals surface area (Å²) in [4.78, 5) is 6.81.